The van der Waals surface area contributed by atoms with Gasteiger partial charge in [0.2, 0.25) is 0 Å². The fourth-order valence-corrected chi connectivity index (χ4v) is 5.78. The summed E-state index contributed by atoms with van der Waals surface area (Å²) in [5.41, 5.74) is 0.379. The Morgan fingerprint density at radius 1 is 1.24 bits per heavy atom. The highest BCUT2D eigenvalue weighted by Crippen LogP contribution is 2.56. The minimum absolute atomic E-state index is 0.0133. The summed E-state index contributed by atoms with van der Waals surface area (Å²) < 4.78 is 39.6. The first-order chi connectivity index (χ1) is 16.3. The fraction of sp³-hybridized carbons (Fsp3) is 0.350. The van der Waals surface area contributed by atoms with Crippen LogP contribution in [0, 0.1) is 11.3 Å². The van der Waals surface area contributed by atoms with E-state index in [1.807, 2.05) is 24.1 Å². The minimum atomic E-state index is -4.49. The van der Waals surface area contributed by atoms with Gasteiger partial charge >= 0.3 is 6.18 Å². The third kappa shape index (κ3) is 4.45. The van der Waals surface area contributed by atoms with Crippen molar-refractivity contribution in [2.45, 2.75) is 41.9 Å². The molecule has 0 radical (unpaired) electrons. The van der Waals surface area contributed by atoms with Crippen molar-refractivity contribution >= 4 is 33.7 Å². The molecule has 3 aromatic rings. The number of H-pyrrole nitrogens is 1. The SMILES string of the molecule is CN(Cc1nn[nH]n1)c1cc2c(nn1)SC(SCc1ccc(C(F)(F)F)cc1C#N)=NC21CC1. The van der Waals surface area contributed by atoms with Crippen LogP contribution in [0.5, 0.6) is 0 Å². The summed E-state index contributed by atoms with van der Waals surface area (Å²) >= 11 is 2.77. The van der Waals surface area contributed by atoms with E-state index in [0.29, 0.717) is 29.5 Å². The Bertz CT molecular complexity index is 1300. The molecule has 1 aliphatic heterocycles. The number of tetrazole rings is 1. The lowest BCUT2D eigenvalue weighted by atomic mass is 10.1. The third-order valence-electron chi connectivity index (χ3n) is 5.53. The van der Waals surface area contributed by atoms with Gasteiger partial charge in [0, 0.05) is 18.4 Å². The molecule has 0 atom stereocenters. The van der Waals surface area contributed by atoms with Gasteiger partial charge in [-0.25, -0.2) is 0 Å². The van der Waals surface area contributed by atoms with Gasteiger partial charge in [-0.15, -0.1) is 20.4 Å². The molecule has 1 fully saturated rings. The number of halogens is 3. The lowest BCUT2D eigenvalue weighted by Crippen LogP contribution is -2.21. The molecule has 1 saturated carbocycles. The van der Waals surface area contributed by atoms with Crippen LogP contribution in [0.1, 0.15) is 40.9 Å². The molecule has 174 valence electrons. The highest BCUT2D eigenvalue weighted by Gasteiger charge is 2.49. The number of hydrogen-bond donors (Lipinski definition) is 1. The van der Waals surface area contributed by atoms with Crippen LogP contribution in [0.15, 0.2) is 34.3 Å². The number of fused-ring (bicyclic) bond motifs is 2. The van der Waals surface area contributed by atoms with E-state index in [9.17, 15) is 18.4 Å². The Labute approximate surface area is 200 Å². The molecular formula is C20H16F3N9S2. The second kappa shape index (κ2) is 8.55. The molecule has 1 aliphatic carbocycles. The normalized spacial score (nSPS) is 16.0. The molecule has 0 saturated heterocycles. The zero-order chi connectivity index (χ0) is 23.9. The van der Waals surface area contributed by atoms with Crippen molar-refractivity contribution in [2.24, 2.45) is 4.99 Å². The largest absolute Gasteiger partial charge is 0.416 e. The monoisotopic (exact) mass is 503 g/mol. The molecule has 0 unspecified atom stereocenters. The number of thioether (sulfide) groups is 2. The van der Waals surface area contributed by atoms with E-state index in [1.54, 1.807) is 0 Å². The molecule has 3 heterocycles. The molecular weight excluding hydrogens is 487 g/mol. The number of hydrogen-bond acceptors (Lipinski definition) is 10. The first-order valence-corrected chi connectivity index (χ1v) is 11.9. The van der Waals surface area contributed by atoms with Gasteiger partial charge < -0.3 is 4.90 Å². The number of anilines is 1. The average molecular weight is 504 g/mol. The van der Waals surface area contributed by atoms with E-state index in [2.05, 4.69) is 30.8 Å². The average Bonchev–Trinajstić information content (AvgIpc) is 3.38. The number of nitriles is 1. The standard InChI is InChI=1S/C20H16F3N9S2/c1-32(9-15-26-30-31-27-15)16-7-14-17(29-28-16)34-18(25-19(14)4-5-19)33-10-11-2-3-13(20(21,22)23)6-12(11)8-24/h2-3,6-7H,4-5,9-10H2,1H3,(H,26,27,30,31). The molecule has 1 spiro atoms. The molecule has 0 bridgehead atoms. The Hall–Kier alpha value is -3.18. The van der Waals surface area contributed by atoms with Crippen LogP contribution in [0.3, 0.4) is 0 Å². The summed E-state index contributed by atoms with van der Waals surface area (Å²) in [5.74, 6) is 1.54. The van der Waals surface area contributed by atoms with Crippen molar-refractivity contribution in [1.82, 2.24) is 30.8 Å². The zero-order valence-electron chi connectivity index (χ0n) is 17.7. The number of aromatic nitrogens is 6. The number of aromatic amines is 1. The number of aliphatic imine (C=N–C) groups is 1. The first kappa shape index (κ1) is 22.6. The van der Waals surface area contributed by atoms with Crippen LogP contribution in [0.4, 0.5) is 19.0 Å². The maximum Gasteiger partial charge on any atom is 0.416 e. The fourth-order valence-electron chi connectivity index (χ4n) is 3.53. The van der Waals surface area contributed by atoms with E-state index >= 15 is 0 Å². The van der Waals surface area contributed by atoms with Crippen LogP contribution in [0.2, 0.25) is 0 Å². The number of alkyl halides is 3. The number of nitrogens with one attached hydrogen (secondary N) is 1. The number of benzene rings is 1. The van der Waals surface area contributed by atoms with Gasteiger partial charge in [0.1, 0.15) is 9.40 Å². The van der Waals surface area contributed by atoms with Crippen LogP contribution in [-0.2, 0) is 24.0 Å². The molecule has 2 aliphatic rings. The van der Waals surface area contributed by atoms with E-state index in [0.717, 1.165) is 39.9 Å². The van der Waals surface area contributed by atoms with E-state index in [4.69, 9.17) is 4.99 Å². The van der Waals surface area contributed by atoms with Gasteiger partial charge in [-0.1, -0.05) is 23.0 Å². The van der Waals surface area contributed by atoms with Crippen LogP contribution < -0.4 is 4.90 Å². The topological polar surface area (TPSA) is 120 Å². The molecule has 9 nitrogen and oxygen atoms in total. The molecule has 1 aromatic carbocycles. The van der Waals surface area contributed by atoms with Crippen molar-refractivity contribution in [1.29, 1.82) is 5.26 Å². The predicted molar refractivity (Wildman–Crippen MR) is 120 cm³/mol. The summed E-state index contributed by atoms with van der Waals surface area (Å²) in [7, 11) is 1.86. The predicted octanol–water partition coefficient (Wildman–Crippen LogP) is 3.90. The lowest BCUT2D eigenvalue weighted by molar-refractivity contribution is -0.137. The smallest absolute Gasteiger partial charge is 0.350 e. The third-order valence-corrected chi connectivity index (χ3v) is 7.69. The lowest BCUT2D eigenvalue weighted by Gasteiger charge is -2.24. The molecule has 2 aromatic heterocycles. The molecule has 0 amide bonds. The van der Waals surface area contributed by atoms with E-state index in [1.165, 1.54) is 29.6 Å². The second-order valence-electron chi connectivity index (χ2n) is 7.89. The molecule has 1 N–H and O–H groups in total. The highest BCUT2D eigenvalue weighted by molar-refractivity contribution is 8.38. The minimum Gasteiger partial charge on any atom is -0.350 e. The Kier molecular flexibility index (Phi) is 5.68. The van der Waals surface area contributed by atoms with Gasteiger partial charge in [0.15, 0.2) is 11.6 Å². The van der Waals surface area contributed by atoms with Crippen molar-refractivity contribution in [3.8, 4) is 6.07 Å². The van der Waals surface area contributed by atoms with Crippen molar-refractivity contribution < 1.29 is 13.2 Å². The maximum absolute atomic E-state index is 13.0. The van der Waals surface area contributed by atoms with E-state index in [-0.39, 0.29) is 11.1 Å². The second-order valence-corrected chi connectivity index (χ2v) is 10.1. The Morgan fingerprint density at radius 2 is 2.06 bits per heavy atom. The van der Waals surface area contributed by atoms with Crippen molar-refractivity contribution in [2.75, 3.05) is 11.9 Å². The summed E-state index contributed by atoms with van der Waals surface area (Å²) in [6.45, 7) is 0.419. The van der Waals surface area contributed by atoms with Crippen molar-refractivity contribution in [3.63, 3.8) is 0 Å². The zero-order valence-corrected chi connectivity index (χ0v) is 19.3. The number of rotatable bonds is 5. The molecule has 14 heteroatoms. The highest BCUT2D eigenvalue weighted by atomic mass is 32.2. The molecule has 5 rings (SSSR count). The summed E-state index contributed by atoms with van der Waals surface area (Å²) in [5, 5.41) is 32.7. The number of nitrogens with zero attached hydrogens (tertiary/aromatic N) is 8. The van der Waals surface area contributed by atoms with Gasteiger partial charge in [-0.2, -0.15) is 23.6 Å². The first-order valence-electron chi connectivity index (χ1n) is 10.1. The van der Waals surface area contributed by atoms with Gasteiger partial charge in [-0.3, -0.25) is 4.99 Å². The Balaban J connectivity index is 1.32. The Morgan fingerprint density at radius 3 is 2.74 bits per heavy atom. The summed E-state index contributed by atoms with van der Waals surface area (Å²) in [6.07, 6.45) is -2.72. The van der Waals surface area contributed by atoms with E-state index < -0.39 is 11.7 Å². The van der Waals surface area contributed by atoms with Crippen molar-refractivity contribution in [3.05, 3.63) is 52.3 Å². The quantitative estimate of drug-likeness (QED) is 0.553. The maximum atomic E-state index is 13.0. The molecule has 34 heavy (non-hydrogen) atoms. The van der Waals surface area contributed by atoms with Gasteiger partial charge in [0.25, 0.3) is 0 Å². The van der Waals surface area contributed by atoms with Gasteiger partial charge in [-0.05, 0) is 48.4 Å². The summed E-state index contributed by atoms with van der Waals surface area (Å²) in [6, 6.07) is 7.10. The van der Waals surface area contributed by atoms with Crippen LogP contribution in [0.25, 0.3) is 0 Å². The van der Waals surface area contributed by atoms with Gasteiger partial charge in [0.05, 0.1) is 29.3 Å². The van der Waals surface area contributed by atoms with Crippen LogP contribution in [-0.4, -0.2) is 42.2 Å². The van der Waals surface area contributed by atoms with Crippen LogP contribution >= 0.6 is 23.5 Å². The summed E-state index contributed by atoms with van der Waals surface area (Å²) in [4.78, 5) is 6.80.